The lowest BCUT2D eigenvalue weighted by Crippen LogP contribution is -2.38. The zero-order chi connectivity index (χ0) is 22.0. The van der Waals surface area contributed by atoms with E-state index in [2.05, 4.69) is 41.4 Å². The first kappa shape index (κ1) is 21.6. The summed E-state index contributed by atoms with van der Waals surface area (Å²) in [6.07, 6.45) is 1.60. The van der Waals surface area contributed by atoms with E-state index in [0.717, 1.165) is 17.4 Å². The molecular formula is C15H15BrFN7O6S. The number of hydrogen-bond acceptors (Lipinski definition) is 10. The van der Waals surface area contributed by atoms with Crippen LogP contribution in [0.5, 0.6) is 0 Å². The van der Waals surface area contributed by atoms with Gasteiger partial charge >= 0.3 is 5.76 Å². The Kier molecular flexibility index (Phi) is 6.15. The van der Waals surface area contributed by atoms with E-state index in [1.54, 1.807) is 0 Å². The van der Waals surface area contributed by atoms with Crippen molar-refractivity contribution >= 4 is 32.0 Å². The number of nitrogens with zero attached hydrogens (tertiary/aromatic N) is 4. The lowest BCUT2D eigenvalue weighted by atomic mass is 10.3. The molecule has 1 saturated carbocycles. The van der Waals surface area contributed by atoms with E-state index in [1.807, 2.05) is 4.89 Å². The third kappa shape index (κ3) is 5.16. The molecule has 31 heavy (non-hydrogen) atoms. The number of anilines is 1. The van der Waals surface area contributed by atoms with Crippen molar-refractivity contribution in [1.82, 2.24) is 29.6 Å². The molecule has 13 nitrogen and oxygen atoms in total. The summed E-state index contributed by atoms with van der Waals surface area (Å²) < 4.78 is 49.9. The van der Waals surface area contributed by atoms with E-state index in [0.29, 0.717) is 0 Å². The van der Waals surface area contributed by atoms with Crippen LogP contribution >= 0.6 is 15.9 Å². The van der Waals surface area contributed by atoms with Crippen molar-refractivity contribution in [1.29, 1.82) is 0 Å². The molecule has 1 aliphatic carbocycles. The van der Waals surface area contributed by atoms with Crippen LogP contribution in [0.2, 0.25) is 0 Å². The number of rotatable bonds is 10. The maximum absolute atomic E-state index is 13.5. The molecular weight excluding hydrogens is 505 g/mol. The van der Waals surface area contributed by atoms with Gasteiger partial charge in [0.15, 0.2) is 5.69 Å². The van der Waals surface area contributed by atoms with Gasteiger partial charge in [0.2, 0.25) is 11.6 Å². The van der Waals surface area contributed by atoms with Crippen LogP contribution in [0, 0.1) is 5.82 Å². The predicted molar refractivity (Wildman–Crippen MR) is 106 cm³/mol. The number of halogens is 2. The van der Waals surface area contributed by atoms with Gasteiger partial charge < -0.3 is 5.32 Å². The summed E-state index contributed by atoms with van der Waals surface area (Å²) in [4.78, 5) is 19.0. The second-order valence-electron chi connectivity index (χ2n) is 6.42. The van der Waals surface area contributed by atoms with Crippen molar-refractivity contribution in [2.24, 2.45) is 0 Å². The van der Waals surface area contributed by atoms with Crippen LogP contribution in [0.25, 0.3) is 17.2 Å². The molecule has 1 aromatic carbocycles. The van der Waals surface area contributed by atoms with Crippen LogP contribution in [0.15, 0.2) is 36.6 Å². The maximum Gasteiger partial charge on any atom is 0.446 e. The van der Waals surface area contributed by atoms with E-state index in [1.165, 1.54) is 18.2 Å². The van der Waals surface area contributed by atoms with E-state index in [4.69, 9.17) is 14.0 Å². The fourth-order valence-corrected chi connectivity index (χ4v) is 3.81. The average molecular weight is 520 g/mol. The highest BCUT2D eigenvalue weighted by atomic mass is 79.9. The Morgan fingerprint density at radius 3 is 2.84 bits per heavy atom. The largest absolute Gasteiger partial charge is 0.446 e. The molecule has 0 amide bonds. The number of aromatic nitrogens is 4. The molecule has 0 aliphatic heterocycles. The standard InChI is InChI=1S/C15H15BrFN7O6S/c16-10-7-9(3-4-11(10)17)24-14(21-29-15(24)25)12-13(20-30-19-12)18-5-6-28-23-31(26,27)22-8-1-2-8/h3-4,7-8,22-23H,1-2,5-6H2,(H,18,20). The highest BCUT2D eigenvalue weighted by Crippen LogP contribution is 2.26. The Labute approximate surface area is 182 Å². The quantitative estimate of drug-likeness (QED) is 0.256. The Hall–Kier alpha value is -2.66. The second-order valence-corrected chi connectivity index (χ2v) is 8.69. The van der Waals surface area contributed by atoms with E-state index >= 15 is 0 Å². The fraction of sp³-hybridized carbons (Fsp3) is 0.333. The zero-order valence-electron chi connectivity index (χ0n) is 15.5. The maximum atomic E-state index is 13.5. The molecule has 3 N–H and O–H groups in total. The Morgan fingerprint density at radius 1 is 1.29 bits per heavy atom. The molecule has 0 radical (unpaired) electrons. The molecule has 0 atom stereocenters. The van der Waals surface area contributed by atoms with Crippen LogP contribution in [0.4, 0.5) is 10.2 Å². The van der Waals surface area contributed by atoms with Gasteiger partial charge in [-0.1, -0.05) is 10.0 Å². The van der Waals surface area contributed by atoms with Crippen molar-refractivity contribution in [2.75, 3.05) is 18.5 Å². The van der Waals surface area contributed by atoms with Gasteiger partial charge in [-0.3, -0.25) is 9.36 Å². The molecule has 16 heteroatoms. The molecule has 0 spiro atoms. The smallest absolute Gasteiger partial charge is 0.363 e. The highest BCUT2D eigenvalue weighted by Gasteiger charge is 2.27. The molecule has 166 valence electrons. The predicted octanol–water partition coefficient (Wildman–Crippen LogP) is 0.707. The van der Waals surface area contributed by atoms with Gasteiger partial charge in [0, 0.05) is 12.6 Å². The van der Waals surface area contributed by atoms with Crippen molar-refractivity contribution in [3.05, 3.63) is 39.0 Å². The molecule has 0 saturated heterocycles. The zero-order valence-corrected chi connectivity index (χ0v) is 17.9. The van der Waals surface area contributed by atoms with Gasteiger partial charge in [0.1, 0.15) is 5.82 Å². The van der Waals surface area contributed by atoms with Gasteiger partial charge in [-0.15, -0.1) is 0 Å². The van der Waals surface area contributed by atoms with E-state index in [9.17, 15) is 17.6 Å². The molecule has 1 fully saturated rings. The van der Waals surface area contributed by atoms with Crippen molar-refractivity contribution in [2.45, 2.75) is 18.9 Å². The molecule has 3 aromatic rings. The van der Waals surface area contributed by atoms with E-state index in [-0.39, 0.29) is 46.7 Å². The first-order valence-electron chi connectivity index (χ1n) is 8.86. The number of benzene rings is 1. The minimum atomic E-state index is -3.73. The van der Waals surface area contributed by atoms with Crippen LogP contribution in [-0.4, -0.2) is 47.6 Å². The molecule has 2 heterocycles. The van der Waals surface area contributed by atoms with Crippen LogP contribution in [0.3, 0.4) is 0 Å². The van der Waals surface area contributed by atoms with Gasteiger partial charge in [-0.05, 0) is 57.3 Å². The van der Waals surface area contributed by atoms with Crippen LogP contribution < -0.4 is 20.7 Å². The molecule has 0 bridgehead atoms. The topological polar surface area (TPSA) is 166 Å². The Bertz CT molecular complexity index is 1240. The van der Waals surface area contributed by atoms with Gasteiger partial charge in [-0.2, -0.15) is 13.1 Å². The van der Waals surface area contributed by atoms with Crippen LogP contribution in [0.1, 0.15) is 12.8 Å². The molecule has 4 rings (SSSR count). The average Bonchev–Trinajstić information content (AvgIpc) is 3.25. The lowest BCUT2D eigenvalue weighted by Gasteiger charge is -2.08. The van der Waals surface area contributed by atoms with Gasteiger partial charge in [0.05, 0.1) is 16.8 Å². The normalized spacial score (nSPS) is 14.1. The summed E-state index contributed by atoms with van der Waals surface area (Å²) >= 11 is 3.06. The van der Waals surface area contributed by atoms with Crippen LogP contribution in [-0.2, 0) is 15.0 Å². The SMILES string of the molecule is O=c1onc(-c2nonc2NCCONS(=O)(=O)NC2CC2)n1-c1ccc(F)c(Br)c1. The Balaban J connectivity index is 1.43. The highest BCUT2D eigenvalue weighted by molar-refractivity contribution is 9.10. The molecule has 1 aliphatic rings. The summed E-state index contributed by atoms with van der Waals surface area (Å²) in [7, 11) is -3.73. The first-order valence-corrected chi connectivity index (χ1v) is 11.1. The summed E-state index contributed by atoms with van der Waals surface area (Å²) in [5.41, 5.74) is 0.312. The van der Waals surface area contributed by atoms with Crippen molar-refractivity contribution < 1.29 is 26.8 Å². The fourth-order valence-electron chi connectivity index (χ4n) is 2.49. The minimum Gasteiger partial charge on any atom is -0.363 e. The summed E-state index contributed by atoms with van der Waals surface area (Å²) in [5, 5.41) is 13.9. The molecule has 2 aromatic heterocycles. The lowest BCUT2D eigenvalue weighted by molar-refractivity contribution is 0.101. The van der Waals surface area contributed by atoms with Gasteiger partial charge in [-0.25, -0.2) is 18.4 Å². The third-order valence-corrected chi connectivity index (χ3v) is 5.62. The van der Waals surface area contributed by atoms with Crippen molar-refractivity contribution in [3.63, 3.8) is 0 Å². The monoisotopic (exact) mass is 519 g/mol. The summed E-state index contributed by atoms with van der Waals surface area (Å²) in [5.74, 6) is -1.28. The Morgan fingerprint density at radius 2 is 2.10 bits per heavy atom. The van der Waals surface area contributed by atoms with E-state index < -0.39 is 21.8 Å². The molecule has 0 unspecified atom stereocenters. The second kappa shape index (κ2) is 8.83. The first-order chi connectivity index (χ1) is 14.8. The minimum absolute atomic E-state index is 0.0393. The third-order valence-electron chi connectivity index (χ3n) is 4.03. The van der Waals surface area contributed by atoms with Crippen molar-refractivity contribution in [3.8, 4) is 17.2 Å². The number of hydrogen-bond donors (Lipinski definition) is 3. The van der Waals surface area contributed by atoms with Gasteiger partial charge in [0.25, 0.3) is 10.2 Å². The summed E-state index contributed by atoms with van der Waals surface area (Å²) in [6.45, 7) is 0.0474. The number of nitrogens with one attached hydrogen (secondary N) is 3. The summed E-state index contributed by atoms with van der Waals surface area (Å²) in [6, 6.07) is 3.84.